The molecule has 5 heteroatoms. The number of piperazine rings is 1. The fraction of sp³-hybridized carbons (Fsp3) is 0.533. The van der Waals surface area contributed by atoms with Gasteiger partial charge in [-0.25, -0.2) is 0 Å². The zero-order valence-electron chi connectivity index (χ0n) is 12.4. The van der Waals surface area contributed by atoms with E-state index in [1.54, 1.807) is 14.0 Å². The first kappa shape index (κ1) is 15.2. The SMILES string of the molecule is COc1cc(Br)cc(N2[C@H](C)CN(C(C)=O)C[C@@H]2C)c1. The van der Waals surface area contributed by atoms with Crippen LogP contribution in [0.25, 0.3) is 0 Å². The molecule has 0 spiro atoms. The number of halogens is 1. The van der Waals surface area contributed by atoms with Crippen molar-refractivity contribution in [3.63, 3.8) is 0 Å². The molecule has 0 unspecified atom stereocenters. The van der Waals surface area contributed by atoms with Crippen LogP contribution in [0.15, 0.2) is 22.7 Å². The van der Waals surface area contributed by atoms with Crippen LogP contribution >= 0.6 is 15.9 Å². The molecule has 1 aliphatic heterocycles. The summed E-state index contributed by atoms with van der Waals surface area (Å²) in [6, 6.07) is 6.65. The minimum Gasteiger partial charge on any atom is -0.497 e. The molecular formula is C15H21BrN2O2. The Balaban J connectivity index is 2.28. The van der Waals surface area contributed by atoms with Crippen LogP contribution in [0.1, 0.15) is 20.8 Å². The van der Waals surface area contributed by atoms with Crippen LogP contribution in [0.5, 0.6) is 5.75 Å². The third-order valence-corrected chi connectivity index (χ3v) is 4.21. The summed E-state index contributed by atoms with van der Waals surface area (Å²) in [4.78, 5) is 15.8. The summed E-state index contributed by atoms with van der Waals surface area (Å²) in [7, 11) is 1.67. The van der Waals surface area contributed by atoms with Gasteiger partial charge >= 0.3 is 0 Å². The monoisotopic (exact) mass is 340 g/mol. The molecule has 1 aliphatic rings. The maximum absolute atomic E-state index is 11.6. The van der Waals surface area contributed by atoms with Crippen molar-refractivity contribution in [2.75, 3.05) is 25.1 Å². The largest absolute Gasteiger partial charge is 0.497 e. The normalized spacial score (nSPS) is 22.9. The quantitative estimate of drug-likeness (QED) is 0.829. The number of amides is 1. The molecule has 1 saturated heterocycles. The third-order valence-electron chi connectivity index (χ3n) is 3.75. The molecule has 1 aromatic carbocycles. The number of nitrogens with zero attached hydrogens (tertiary/aromatic N) is 2. The lowest BCUT2D eigenvalue weighted by Crippen LogP contribution is -2.58. The van der Waals surface area contributed by atoms with Crippen molar-refractivity contribution in [1.29, 1.82) is 0 Å². The fourth-order valence-corrected chi connectivity index (χ4v) is 3.36. The minimum absolute atomic E-state index is 0.148. The highest BCUT2D eigenvalue weighted by Crippen LogP contribution is 2.31. The lowest BCUT2D eigenvalue weighted by Gasteiger charge is -2.45. The Kier molecular flexibility index (Phi) is 4.58. The molecule has 20 heavy (non-hydrogen) atoms. The molecule has 0 radical (unpaired) electrons. The van der Waals surface area contributed by atoms with Gasteiger partial charge in [0.25, 0.3) is 0 Å². The predicted octanol–water partition coefficient (Wildman–Crippen LogP) is 2.90. The van der Waals surface area contributed by atoms with E-state index >= 15 is 0 Å². The van der Waals surface area contributed by atoms with Crippen molar-refractivity contribution in [3.05, 3.63) is 22.7 Å². The van der Waals surface area contributed by atoms with Gasteiger partial charge in [-0.2, -0.15) is 0 Å². The number of anilines is 1. The first-order valence-electron chi connectivity index (χ1n) is 6.80. The van der Waals surface area contributed by atoms with E-state index in [-0.39, 0.29) is 18.0 Å². The highest BCUT2D eigenvalue weighted by Gasteiger charge is 2.31. The van der Waals surface area contributed by atoms with E-state index in [0.717, 1.165) is 29.0 Å². The minimum atomic E-state index is 0.148. The third kappa shape index (κ3) is 3.08. The van der Waals surface area contributed by atoms with Gasteiger partial charge in [-0.15, -0.1) is 0 Å². The summed E-state index contributed by atoms with van der Waals surface area (Å²) >= 11 is 3.52. The van der Waals surface area contributed by atoms with E-state index in [4.69, 9.17) is 4.74 Å². The van der Waals surface area contributed by atoms with Gasteiger partial charge in [0.2, 0.25) is 5.91 Å². The van der Waals surface area contributed by atoms with Crippen LogP contribution in [0.4, 0.5) is 5.69 Å². The van der Waals surface area contributed by atoms with Crippen molar-refractivity contribution in [3.8, 4) is 5.75 Å². The van der Waals surface area contributed by atoms with Crippen LogP contribution < -0.4 is 9.64 Å². The first-order valence-corrected chi connectivity index (χ1v) is 7.60. The van der Waals surface area contributed by atoms with E-state index in [2.05, 4.69) is 40.7 Å². The topological polar surface area (TPSA) is 32.8 Å². The number of hydrogen-bond donors (Lipinski definition) is 0. The first-order chi connectivity index (χ1) is 9.42. The van der Waals surface area contributed by atoms with E-state index in [0.29, 0.717) is 0 Å². The van der Waals surface area contributed by atoms with E-state index < -0.39 is 0 Å². The van der Waals surface area contributed by atoms with E-state index in [9.17, 15) is 4.79 Å². The van der Waals surface area contributed by atoms with Crippen LogP contribution in [0.2, 0.25) is 0 Å². The summed E-state index contributed by atoms with van der Waals surface area (Å²) in [5, 5.41) is 0. The molecule has 1 amide bonds. The summed E-state index contributed by atoms with van der Waals surface area (Å²) < 4.78 is 6.34. The molecule has 0 aromatic heterocycles. The summed E-state index contributed by atoms with van der Waals surface area (Å²) in [6.07, 6.45) is 0. The zero-order chi connectivity index (χ0) is 14.9. The van der Waals surface area contributed by atoms with Gasteiger partial charge in [0, 0.05) is 48.3 Å². The van der Waals surface area contributed by atoms with Gasteiger partial charge in [0.1, 0.15) is 5.75 Å². The Labute approximate surface area is 128 Å². The molecular weight excluding hydrogens is 320 g/mol. The molecule has 2 rings (SSSR count). The Morgan fingerprint density at radius 1 is 1.25 bits per heavy atom. The van der Waals surface area contributed by atoms with Gasteiger partial charge in [-0.3, -0.25) is 4.79 Å². The Morgan fingerprint density at radius 3 is 2.35 bits per heavy atom. The Morgan fingerprint density at radius 2 is 1.85 bits per heavy atom. The van der Waals surface area contributed by atoms with Crippen LogP contribution in [-0.4, -0.2) is 43.1 Å². The lowest BCUT2D eigenvalue weighted by molar-refractivity contribution is -0.130. The average molecular weight is 341 g/mol. The number of carbonyl (C=O) groups excluding carboxylic acids is 1. The van der Waals surface area contributed by atoms with Gasteiger partial charge in [-0.05, 0) is 26.0 Å². The lowest BCUT2D eigenvalue weighted by atomic mass is 10.1. The second-order valence-electron chi connectivity index (χ2n) is 5.38. The molecule has 1 aromatic rings. The summed E-state index contributed by atoms with van der Waals surface area (Å²) in [5.41, 5.74) is 1.12. The standard InChI is InChI=1S/C15H21BrN2O2/c1-10-8-17(12(3)19)9-11(2)18(10)14-5-13(16)6-15(7-14)20-4/h5-7,10-11H,8-9H2,1-4H3/t10-,11+. The molecule has 1 heterocycles. The zero-order valence-corrected chi connectivity index (χ0v) is 14.0. The molecule has 1 fully saturated rings. The molecule has 2 atom stereocenters. The van der Waals surface area contributed by atoms with Crippen molar-refractivity contribution >= 4 is 27.5 Å². The number of hydrogen-bond acceptors (Lipinski definition) is 3. The molecule has 4 nitrogen and oxygen atoms in total. The van der Waals surface area contributed by atoms with Crippen molar-refractivity contribution in [2.45, 2.75) is 32.9 Å². The highest BCUT2D eigenvalue weighted by atomic mass is 79.9. The number of carbonyl (C=O) groups is 1. The van der Waals surface area contributed by atoms with Crippen LogP contribution in [-0.2, 0) is 4.79 Å². The van der Waals surface area contributed by atoms with E-state index in [1.165, 1.54) is 0 Å². The predicted molar refractivity (Wildman–Crippen MR) is 84.4 cm³/mol. The van der Waals surface area contributed by atoms with Gasteiger partial charge in [-0.1, -0.05) is 15.9 Å². The Bertz CT molecular complexity index is 495. The number of methoxy groups -OCH3 is 1. The van der Waals surface area contributed by atoms with Gasteiger partial charge in [0.15, 0.2) is 0 Å². The van der Waals surface area contributed by atoms with Crippen molar-refractivity contribution in [1.82, 2.24) is 4.90 Å². The molecule has 0 saturated carbocycles. The maximum Gasteiger partial charge on any atom is 0.219 e. The molecule has 0 N–H and O–H groups in total. The molecule has 0 aliphatic carbocycles. The van der Waals surface area contributed by atoms with Crippen molar-refractivity contribution < 1.29 is 9.53 Å². The van der Waals surface area contributed by atoms with Crippen molar-refractivity contribution in [2.24, 2.45) is 0 Å². The van der Waals surface area contributed by atoms with E-state index in [1.807, 2.05) is 17.0 Å². The average Bonchev–Trinajstić information content (AvgIpc) is 2.37. The van der Waals surface area contributed by atoms with Gasteiger partial charge in [0.05, 0.1) is 7.11 Å². The van der Waals surface area contributed by atoms with Crippen LogP contribution in [0.3, 0.4) is 0 Å². The fourth-order valence-electron chi connectivity index (χ4n) is 2.90. The maximum atomic E-state index is 11.6. The second kappa shape index (κ2) is 6.04. The molecule has 110 valence electrons. The smallest absolute Gasteiger partial charge is 0.219 e. The van der Waals surface area contributed by atoms with Gasteiger partial charge < -0.3 is 14.5 Å². The Hall–Kier alpha value is -1.23. The summed E-state index contributed by atoms with van der Waals surface area (Å²) in [6.45, 7) is 7.46. The molecule has 0 bridgehead atoms. The highest BCUT2D eigenvalue weighted by molar-refractivity contribution is 9.10. The second-order valence-corrected chi connectivity index (χ2v) is 6.29. The number of benzene rings is 1. The van der Waals surface area contributed by atoms with Crippen LogP contribution in [0, 0.1) is 0 Å². The number of ether oxygens (including phenoxy) is 1. The number of rotatable bonds is 2. The summed E-state index contributed by atoms with van der Waals surface area (Å²) in [5.74, 6) is 0.984.